The summed E-state index contributed by atoms with van der Waals surface area (Å²) in [6.07, 6.45) is 25.9. The van der Waals surface area contributed by atoms with Crippen molar-refractivity contribution in [2.45, 2.75) is 142 Å². The molecule has 0 aliphatic carbocycles. The first kappa shape index (κ1) is 36.2. The molecule has 0 amide bonds. The molecule has 0 saturated carbocycles. The maximum atomic E-state index is 10.3. The average molecular weight is 517 g/mol. The first-order valence-corrected chi connectivity index (χ1v) is 15.5. The Labute approximate surface area is 206 Å². The van der Waals surface area contributed by atoms with Crippen molar-refractivity contribution in [3.63, 3.8) is 0 Å². The Bertz CT molecular complexity index is 337. The summed E-state index contributed by atoms with van der Waals surface area (Å²) in [5.41, 5.74) is 0. The Balaban J connectivity index is -0.000000490. The van der Waals surface area contributed by atoms with Crippen LogP contribution in [0.15, 0.2) is 0 Å². The molecule has 0 N–H and O–H groups in total. The van der Waals surface area contributed by atoms with E-state index in [9.17, 15) is 18.9 Å². The monoisotopic (exact) mass is 516 g/mol. The molecule has 184 valence electrons. The van der Waals surface area contributed by atoms with E-state index in [1.165, 1.54) is 103 Å². The molecule has 0 aliphatic rings. The molecule has 0 heterocycles. The first-order valence-electron chi connectivity index (χ1n) is 12.8. The summed E-state index contributed by atoms with van der Waals surface area (Å²) in [5, 5.41) is 0. The Hall–Kier alpha value is 0.652. The first-order chi connectivity index (χ1) is 14.5. The van der Waals surface area contributed by atoms with Crippen LogP contribution in [0.25, 0.3) is 0 Å². The Morgan fingerprint density at radius 1 is 0.419 bits per heavy atom. The third-order valence-corrected chi connectivity index (χ3v) is 6.75. The van der Waals surface area contributed by atoms with E-state index < -0.39 is 16.1 Å². The fourth-order valence-corrected chi connectivity index (χ4v) is 4.42. The van der Waals surface area contributed by atoms with Gasteiger partial charge in [-0.15, -0.1) is 0 Å². The summed E-state index contributed by atoms with van der Waals surface area (Å²) in [6.45, 7) is 4.47. The van der Waals surface area contributed by atoms with Crippen molar-refractivity contribution in [1.82, 2.24) is 0 Å². The van der Waals surface area contributed by atoms with Crippen molar-refractivity contribution >= 4 is 16.1 Å². The minimum atomic E-state index is -2.14. The van der Waals surface area contributed by atoms with Crippen LogP contribution in [0.2, 0.25) is 0 Å². The van der Waals surface area contributed by atoms with E-state index in [0.29, 0.717) is 12.3 Å². The van der Waals surface area contributed by atoms with Crippen LogP contribution < -0.4 is 9.79 Å². The molecule has 0 aromatic heterocycles. The van der Waals surface area contributed by atoms with E-state index in [1.807, 2.05) is 0 Å². The van der Waals surface area contributed by atoms with Crippen LogP contribution in [0.3, 0.4) is 0 Å². The van der Waals surface area contributed by atoms with Gasteiger partial charge in [-0.3, -0.25) is 0 Å². The second-order valence-corrected chi connectivity index (χ2v) is 10.7. The van der Waals surface area contributed by atoms with Gasteiger partial charge in [0.15, 0.2) is 0 Å². The molecule has 0 aromatic carbocycles. The minimum absolute atomic E-state index is 0. The quantitative estimate of drug-likeness (QED) is 0.108. The second kappa shape index (κ2) is 32.8. The smallest absolute Gasteiger partial charge is 0.596 e. The number of hydrogen-bond donors (Lipinski definition) is 0. The molecule has 0 aliphatic heterocycles. The largest absolute Gasteiger partial charge is 2.00 e. The summed E-state index contributed by atoms with van der Waals surface area (Å²) in [5.74, 6) is 0. The van der Waals surface area contributed by atoms with Crippen molar-refractivity contribution in [1.29, 1.82) is 0 Å². The van der Waals surface area contributed by atoms with E-state index in [1.54, 1.807) is 0 Å². The van der Waals surface area contributed by atoms with Gasteiger partial charge in [0.1, 0.15) is 12.3 Å². The zero-order chi connectivity index (χ0) is 22.7. The fourth-order valence-electron chi connectivity index (χ4n) is 3.46. The fraction of sp³-hybridized carbons (Fsp3) is 1.00. The molecule has 0 saturated heterocycles. The van der Waals surface area contributed by atoms with Gasteiger partial charge < -0.3 is 9.79 Å². The van der Waals surface area contributed by atoms with Gasteiger partial charge in [-0.2, -0.15) is 0 Å². The normalized spacial score (nSPS) is 11.4. The molecule has 0 aromatic rings. The molecule has 0 fully saturated rings. The molecule has 31 heavy (non-hydrogen) atoms. The summed E-state index contributed by atoms with van der Waals surface area (Å²) in [4.78, 5) is 20.5. The summed E-state index contributed by atoms with van der Waals surface area (Å²) in [6, 6.07) is 0. The van der Waals surface area contributed by atoms with Gasteiger partial charge in [-0.05, 0) is 25.7 Å². The Kier molecular flexibility index (Phi) is 38.4. The summed E-state index contributed by atoms with van der Waals surface area (Å²) in [7, 11) is -4.27. The van der Waals surface area contributed by atoms with Gasteiger partial charge in [-0.25, -0.2) is 0 Å². The molecular weight excluding hydrogens is 466 g/mol. The SMILES string of the molecule is CCCCCCCCCCCC[P+](=O)[O-].CCCCCCCCCCCC[P+](=O)[O-].[Cr+2]. The van der Waals surface area contributed by atoms with E-state index in [-0.39, 0.29) is 17.4 Å². The van der Waals surface area contributed by atoms with Crippen molar-refractivity contribution < 1.29 is 36.3 Å². The van der Waals surface area contributed by atoms with Gasteiger partial charge in [-0.1, -0.05) is 126 Å². The maximum Gasteiger partial charge on any atom is 2.00 e. The van der Waals surface area contributed by atoms with Crippen molar-refractivity contribution in [2.75, 3.05) is 12.3 Å². The molecule has 0 bridgehead atoms. The van der Waals surface area contributed by atoms with Crippen LogP contribution in [-0.4, -0.2) is 12.3 Å². The van der Waals surface area contributed by atoms with Crippen LogP contribution in [0, 0.1) is 0 Å². The van der Waals surface area contributed by atoms with E-state index in [2.05, 4.69) is 13.8 Å². The van der Waals surface area contributed by atoms with Crippen LogP contribution in [0.1, 0.15) is 142 Å². The average Bonchev–Trinajstić information content (AvgIpc) is 2.71. The molecule has 2 unspecified atom stereocenters. The molecule has 0 spiro atoms. The third-order valence-electron chi connectivity index (χ3n) is 5.39. The number of hydrogen-bond acceptors (Lipinski definition) is 4. The van der Waals surface area contributed by atoms with E-state index in [0.717, 1.165) is 25.7 Å². The minimum Gasteiger partial charge on any atom is -0.596 e. The maximum absolute atomic E-state index is 10.3. The van der Waals surface area contributed by atoms with Gasteiger partial charge in [0.05, 0.1) is 0 Å². The predicted octanol–water partition coefficient (Wildman–Crippen LogP) is 8.02. The summed E-state index contributed by atoms with van der Waals surface area (Å²) >= 11 is 0. The van der Waals surface area contributed by atoms with Gasteiger partial charge in [0.25, 0.3) is 0 Å². The van der Waals surface area contributed by atoms with E-state index >= 15 is 0 Å². The van der Waals surface area contributed by atoms with Crippen LogP contribution in [-0.2, 0) is 26.5 Å². The molecule has 2 atom stereocenters. The zero-order valence-corrected chi connectivity index (χ0v) is 23.6. The Morgan fingerprint density at radius 3 is 0.806 bits per heavy atom. The molecule has 0 radical (unpaired) electrons. The zero-order valence-electron chi connectivity index (χ0n) is 20.5. The predicted molar refractivity (Wildman–Crippen MR) is 129 cm³/mol. The molecular formula is C24H50CrO4P2+2. The van der Waals surface area contributed by atoms with Gasteiger partial charge >= 0.3 is 33.4 Å². The van der Waals surface area contributed by atoms with Crippen LogP contribution in [0.4, 0.5) is 0 Å². The van der Waals surface area contributed by atoms with Crippen LogP contribution in [0.5, 0.6) is 0 Å². The standard InChI is InChI=1S/2C12H25O2P.Cr/c2*1-2-3-4-5-6-7-8-9-10-11-12-15(13)14;/h2*2-12H2,1H3;/q;;+2. The molecule has 4 nitrogen and oxygen atoms in total. The van der Waals surface area contributed by atoms with Gasteiger partial charge in [0.2, 0.25) is 0 Å². The number of rotatable bonds is 22. The van der Waals surface area contributed by atoms with E-state index in [4.69, 9.17) is 0 Å². The van der Waals surface area contributed by atoms with Gasteiger partial charge in [0, 0.05) is 0 Å². The molecule has 7 heteroatoms. The van der Waals surface area contributed by atoms with Crippen molar-refractivity contribution in [3.05, 3.63) is 0 Å². The third kappa shape index (κ3) is 41.4. The number of unbranched alkanes of at least 4 members (excludes halogenated alkanes) is 18. The Morgan fingerprint density at radius 2 is 0.613 bits per heavy atom. The second-order valence-electron chi connectivity index (χ2n) is 8.48. The van der Waals surface area contributed by atoms with Crippen molar-refractivity contribution in [2.24, 2.45) is 0 Å². The topological polar surface area (TPSA) is 80.3 Å². The molecule has 0 rings (SSSR count). The van der Waals surface area contributed by atoms with Crippen molar-refractivity contribution in [3.8, 4) is 0 Å². The van der Waals surface area contributed by atoms with Crippen LogP contribution >= 0.6 is 16.1 Å². The summed E-state index contributed by atoms with van der Waals surface area (Å²) < 4.78 is 20.5.